The largest absolute Gasteiger partial charge is 0.371 e. The normalized spacial score (nSPS) is 13.1. The molecule has 0 radical (unpaired) electrons. The Morgan fingerprint density at radius 2 is 1.54 bits per heavy atom. The van der Waals surface area contributed by atoms with E-state index in [2.05, 4.69) is 23.7 Å². The molecule has 0 saturated carbocycles. The fourth-order valence-corrected chi connectivity index (χ4v) is 3.61. The van der Waals surface area contributed by atoms with E-state index in [9.17, 15) is 9.59 Å². The van der Waals surface area contributed by atoms with Crippen LogP contribution in [-0.4, -0.2) is 29.6 Å². The topological polar surface area (TPSA) is 53.2 Å². The highest BCUT2D eigenvalue weighted by Gasteiger charge is 2.34. The standard InChI is InChI=1S/C20H18N2O2/c1-3-22(4-2)15-11-12-9-10-21-18(12)17-16(15)19(23)13-7-5-6-8-14(13)20(17)24/h5-11,21H,3-4H2,1-2H3. The first kappa shape index (κ1) is 14.7. The summed E-state index contributed by atoms with van der Waals surface area (Å²) in [6.07, 6.45) is 1.81. The molecule has 1 aliphatic carbocycles. The molecular weight excluding hydrogens is 300 g/mol. The Morgan fingerprint density at radius 1 is 0.917 bits per heavy atom. The van der Waals surface area contributed by atoms with E-state index in [1.54, 1.807) is 24.3 Å². The Kier molecular flexibility index (Phi) is 3.27. The van der Waals surface area contributed by atoms with Crippen LogP contribution in [0, 0.1) is 0 Å². The van der Waals surface area contributed by atoms with Crippen LogP contribution < -0.4 is 4.90 Å². The number of carbonyl (C=O) groups excluding carboxylic acids is 2. The van der Waals surface area contributed by atoms with Gasteiger partial charge in [-0.3, -0.25) is 9.59 Å². The lowest BCUT2D eigenvalue weighted by Gasteiger charge is -2.28. The van der Waals surface area contributed by atoms with Gasteiger partial charge >= 0.3 is 0 Å². The molecule has 0 spiro atoms. The average molecular weight is 318 g/mol. The lowest BCUT2D eigenvalue weighted by molar-refractivity contribution is 0.0980. The highest BCUT2D eigenvalue weighted by atomic mass is 16.1. The van der Waals surface area contributed by atoms with E-state index >= 15 is 0 Å². The summed E-state index contributed by atoms with van der Waals surface area (Å²) in [5.41, 5.74) is 3.60. The second kappa shape index (κ2) is 5.34. The summed E-state index contributed by atoms with van der Waals surface area (Å²) in [6.45, 7) is 5.67. The Hall–Kier alpha value is -2.88. The van der Waals surface area contributed by atoms with E-state index in [1.807, 2.05) is 18.3 Å². The van der Waals surface area contributed by atoms with Crippen LogP contribution in [0.5, 0.6) is 0 Å². The van der Waals surface area contributed by atoms with Gasteiger partial charge in [-0.1, -0.05) is 24.3 Å². The maximum Gasteiger partial charge on any atom is 0.196 e. The molecule has 2 aromatic carbocycles. The number of hydrogen-bond donors (Lipinski definition) is 1. The number of nitrogens with zero attached hydrogens (tertiary/aromatic N) is 1. The quantitative estimate of drug-likeness (QED) is 0.625. The predicted octanol–water partition coefficient (Wildman–Crippen LogP) is 3.79. The van der Waals surface area contributed by atoms with E-state index in [1.165, 1.54) is 0 Å². The van der Waals surface area contributed by atoms with Crippen molar-refractivity contribution < 1.29 is 9.59 Å². The van der Waals surface area contributed by atoms with E-state index in [0.717, 1.165) is 29.7 Å². The Bertz CT molecular complexity index is 980. The van der Waals surface area contributed by atoms with Crippen molar-refractivity contribution in [2.45, 2.75) is 13.8 Å². The zero-order valence-corrected chi connectivity index (χ0v) is 13.7. The Labute approximate surface area is 140 Å². The molecule has 3 aromatic rings. The first-order valence-corrected chi connectivity index (χ1v) is 8.24. The predicted molar refractivity (Wildman–Crippen MR) is 95.2 cm³/mol. The van der Waals surface area contributed by atoms with Gasteiger partial charge in [0, 0.05) is 41.5 Å². The molecule has 0 amide bonds. The van der Waals surface area contributed by atoms with Crippen molar-refractivity contribution >= 4 is 28.2 Å². The highest BCUT2D eigenvalue weighted by molar-refractivity contribution is 6.33. The first-order chi connectivity index (χ1) is 11.7. The number of ketones is 2. The summed E-state index contributed by atoms with van der Waals surface area (Å²) < 4.78 is 0. The SMILES string of the molecule is CCN(CC)c1cc2cc[nH]c2c2c1C(=O)c1ccccc1C2=O. The van der Waals surface area contributed by atoms with Crippen LogP contribution in [-0.2, 0) is 0 Å². The van der Waals surface area contributed by atoms with Crippen molar-refractivity contribution in [2.75, 3.05) is 18.0 Å². The number of nitrogens with one attached hydrogen (secondary N) is 1. The van der Waals surface area contributed by atoms with Gasteiger partial charge in [-0.25, -0.2) is 0 Å². The number of fused-ring (bicyclic) bond motifs is 4. The maximum atomic E-state index is 13.2. The number of H-pyrrole nitrogens is 1. The smallest absolute Gasteiger partial charge is 0.196 e. The van der Waals surface area contributed by atoms with Gasteiger partial charge in [-0.2, -0.15) is 0 Å². The van der Waals surface area contributed by atoms with Crippen LogP contribution in [0.4, 0.5) is 5.69 Å². The summed E-state index contributed by atoms with van der Waals surface area (Å²) in [7, 11) is 0. The number of hydrogen-bond acceptors (Lipinski definition) is 3. The number of aromatic amines is 1. The van der Waals surface area contributed by atoms with Crippen molar-refractivity contribution in [2.24, 2.45) is 0 Å². The second-order valence-electron chi connectivity index (χ2n) is 5.96. The van der Waals surface area contributed by atoms with Gasteiger partial charge < -0.3 is 9.88 Å². The Balaban J connectivity index is 2.11. The minimum atomic E-state index is -0.0818. The van der Waals surface area contributed by atoms with Crippen molar-refractivity contribution in [1.82, 2.24) is 4.98 Å². The average Bonchev–Trinajstić information content (AvgIpc) is 3.08. The van der Waals surface area contributed by atoms with E-state index in [0.29, 0.717) is 22.3 Å². The van der Waals surface area contributed by atoms with Gasteiger partial charge in [-0.15, -0.1) is 0 Å². The van der Waals surface area contributed by atoms with Crippen molar-refractivity contribution in [3.8, 4) is 0 Å². The number of rotatable bonds is 3. The van der Waals surface area contributed by atoms with Gasteiger partial charge in [0.05, 0.1) is 16.6 Å². The third kappa shape index (κ3) is 1.86. The monoisotopic (exact) mass is 318 g/mol. The summed E-state index contributed by atoms with van der Waals surface area (Å²) in [5.74, 6) is -0.153. The maximum absolute atomic E-state index is 13.2. The lowest BCUT2D eigenvalue weighted by Crippen LogP contribution is -2.28. The van der Waals surface area contributed by atoms with E-state index in [4.69, 9.17) is 0 Å². The zero-order valence-electron chi connectivity index (χ0n) is 13.7. The summed E-state index contributed by atoms with van der Waals surface area (Å²) in [4.78, 5) is 31.6. The summed E-state index contributed by atoms with van der Waals surface area (Å²) >= 11 is 0. The first-order valence-electron chi connectivity index (χ1n) is 8.24. The molecule has 1 N–H and O–H groups in total. The molecule has 1 heterocycles. The van der Waals surface area contributed by atoms with Crippen LogP contribution in [0.1, 0.15) is 45.7 Å². The zero-order chi connectivity index (χ0) is 16.8. The van der Waals surface area contributed by atoms with Crippen LogP contribution in [0.25, 0.3) is 10.9 Å². The molecule has 1 aliphatic rings. The van der Waals surface area contributed by atoms with Crippen LogP contribution in [0.2, 0.25) is 0 Å². The number of carbonyl (C=O) groups is 2. The molecule has 0 saturated heterocycles. The van der Waals surface area contributed by atoms with Crippen LogP contribution in [0.3, 0.4) is 0 Å². The number of anilines is 1. The van der Waals surface area contributed by atoms with Crippen LogP contribution >= 0.6 is 0 Å². The minimum absolute atomic E-state index is 0.0707. The number of aromatic nitrogens is 1. The molecule has 1 aromatic heterocycles. The molecule has 4 nitrogen and oxygen atoms in total. The highest BCUT2D eigenvalue weighted by Crippen LogP contribution is 2.38. The molecule has 0 atom stereocenters. The summed E-state index contributed by atoms with van der Waals surface area (Å²) in [6, 6.07) is 11.0. The third-order valence-corrected chi connectivity index (χ3v) is 4.80. The second-order valence-corrected chi connectivity index (χ2v) is 5.96. The molecule has 0 bridgehead atoms. The van der Waals surface area contributed by atoms with Gasteiger partial charge in [0.1, 0.15) is 0 Å². The van der Waals surface area contributed by atoms with Crippen LogP contribution in [0.15, 0.2) is 42.6 Å². The minimum Gasteiger partial charge on any atom is -0.371 e. The van der Waals surface area contributed by atoms with Gasteiger partial charge in [0.25, 0.3) is 0 Å². The van der Waals surface area contributed by atoms with Gasteiger partial charge in [0.2, 0.25) is 0 Å². The summed E-state index contributed by atoms with van der Waals surface area (Å²) in [5, 5.41) is 0.955. The molecule has 4 heteroatoms. The van der Waals surface area contributed by atoms with Crippen molar-refractivity contribution in [3.05, 3.63) is 64.8 Å². The molecule has 4 rings (SSSR count). The van der Waals surface area contributed by atoms with Crippen molar-refractivity contribution in [1.29, 1.82) is 0 Å². The third-order valence-electron chi connectivity index (χ3n) is 4.80. The molecule has 120 valence electrons. The van der Waals surface area contributed by atoms with Crippen molar-refractivity contribution in [3.63, 3.8) is 0 Å². The van der Waals surface area contributed by atoms with E-state index < -0.39 is 0 Å². The molecular formula is C20H18N2O2. The van der Waals surface area contributed by atoms with Gasteiger partial charge in [0.15, 0.2) is 11.6 Å². The van der Waals surface area contributed by atoms with Gasteiger partial charge in [-0.05, 0) is 26.0 Å². The molecule has 0 aliphatic heterocycles. The Morgan fingerprint density at radius 3 is 2.17 bits per heavy atom. The molecule has 24 heavy (non-hydrogen) atoms. The van der Waals surface area contributed by atoms with E-state index in [-0.39, 0.29) is 11.6 Å². The molecule has 0 fully saturated rings. The lowest BCUT2D eigenvalue weighted by atomic mass is 9.82. The molecule has 0 unspecified atom stereocenters. The number of benzene rings is 2. The fourth-order valence-electron chi connectivity index (χ4n) is 3.61. The fraction of sp³-hybridized carbons (Fsp3) is 0.200.